The van der Waals surface area contributed by atoms with Crippen molar-refractivity contribution < 1.29 is 9.13 Å². The summed E-state index contributed by atoms with van der Waals surface area (Å²) in [6.45, 7) is 0. The molecule has 0 atom stereocenters. The molecule has 0 bridgehead atoms. The standard InChI is InChI=1S/C16H13FN2OS2/c1-20-14-4-3-10(7-12(14)17)13-9-22-16(19-13)11-5-6-18-15(8-11)21-2/h3-9H,1-2H3. The van der Waals surface area contributed by atoms with Gasteiger partial charge >= 0.3 is 0 Å². The van der Waals surface area contributed by atoms with Gasteiger partial charge in [-0.3, -0.25) is 0 Å². The summed E-state index contributed by atoms with van der Waals surface area (Å²) < 4.78 is 18.7. The van der Waals surface area contributed by atoms with Crippen molar-refractivity contribution in [2.45, 2.75) is 5.03 Å². The number of rotatable bonds is 4. The third-order valence-electron chi connectivity index (χ3n) is 3.14. The molecule has 0 radical (unpaired) electrons. The summed E-state index contributed by atoms with van der Waals surface area (Å²) in [6, 6.07) is 8.79. The monoisotopic (exact) mass is 332 g/mol. The number of aromatic nitrogens is 2. The van der Waals surface area contributed by atoms with Crippen LogP contribution in [0.15, 0.2) is 46.9 Å². The highest BCUT2D eigenvalue weighted by Gasteiger charge is 2.10. The molecule has 0 aliphatic rings. The highest BCUT2D eigenvalue weighted by Crippen LogP contribution is 2.31. The summed E-state index contributed by atoms with van der Waals surface area (Å²) in [4.78, 5) is 8.85. The van der Waals surface area contributed by atoms with Crippen molar-refractivity contribution >= 4 is 23.1 Å². The van der Waals surface area contributed by atoms with Crippen molar-refractivity contribution in [3.8, 4) is 27.6 Å². The molecule has 0 spiro atoms. The zero-order valence-electron chi connectivity index (χ0n) is 12.0. The molecule has 0 saturated heterocycles. The fourth-order valence-corrected chi connectivity index (χ4v) is 3.26. The Morgan fingerprint density at radius 1 is 1.18 bits per heavy atom. The van der Waals surface area contributed by atoms with Gasteiger partial charge in [0, 0.05) is 22.7 Å². The van der Waals surface area contributed by atoms with Gasteiger partial charge in [0.1, 0.15) is 5.01 Å². The zero-order valence-corrected chi connectivity index (χ0v) is 13.7. The van der Waals surface area contributed by atoms with E-state index in [1.807, 2.05) is 23.8 Å². The lowest BCUT2D eigenvalue weighted by Crippen LogP contribution is -1.88. The summed E-state index contributed by atoms with van der Waals surface area (Å²) in [5.74, 6) is -0.152. The molecule has 0 aliphatic heterocycles. The van der Waals surface area contributed by atoms with E-state index in [1.54, 1.807) is 30.1 Å². The van der Waals surface area contributed by atoms with E-state index in [0.717, 1.165) is 26.9 Å². The van der Waals surface area contributed by atoms with Crippen LogP contribution in [-0.4, -0.2) is 23.3 Å². The summed E-state index contributed by atoms with van der Waals surface area (Å²) in [7, 11) is 1.45. The quantitative estimate of drug-likeness (QED) is 0.646. The van der Waals surface area contributed by atoms with Gasteiger partial charge in [0.25, 0.3) is 0 Å². The Morgan fingerprint density at radius 2 is 2.05 bits per heavy atom. The van der Waals surface area contributed by atoms with Gasteiger partial charge in [0.05, 0.1) is 17.8 Å². The zero-order chi connectivity index (χ0) is 15.5. The lowest BCUT2D eigenvalue weighted by Gasteiger charge is -2.03. The van der Waals surface area contributed by atoms with Crippen molar-refractivity contribution in [2.24, 2.45) is 0 Å². The lowest BCUT2D eigenvalue weighted by atomic mass is 10.1. The fraction of sp³-hybridized carbons (Fsp3) is 0.125. The average molecular weight is 332 g/mol. The van der Waals surface area contributed by atoms with Gasteiger partial charge < -0.3 is 4.74 Å². The van der Waals surface area contributed by atoms with Crippen molar-refractivity contribution in [1.82, 2.24) is 9.97 Å². The second-order valence-corrected chi connectivity index (χ2v) is 6.16. The van der Waals surface area contributed by atoms with E-state index in [-0.39, 0.29) is 11.6 Å². The van der Waals surface area contributed by atoms with Crippen LogP contribution >= 0.6 is 23.1 Å². The van der Waals surface area contributed by atoms with E-state index in [2.05, 4.69) is 9.97 Å². The van der Waals surface area contributed by atoms with Gasteiger partial charge in [-0.15, -0.1) is 23.1 Å². The molecule has 2 heterocycles. The molecule has 0 saturated carbocycles. The molecule has 112 valence electrons. The minimum Gasteiger partial charge on any atom is -0.494 e. The van der Waals surface area contributed by atoms with E-state index >= 15 is 0 Å². The largest absolute Gasteiger partial charge is 0.494 e. The van der Waals surface area contributed by atoms with Crippen LogP contribution in [0.25, 0.3) is 21.8 Å². The molecule has 0 fully saturated rings. The summed E-state index contributed by atoms with van der Waals surface area (Å²) in [5.41, 5.74) is 2.51. The van der Waals surface area contributed by atoms with Crippen LogP contribution in [0.5, 0.6) is 5.75 Å². The maximum absolute atomic E-state index is 13.8. The van der Waals surface area contributed by atoms with Gasteiger partial charge in [-0.25, -0.2) is 14.4 Å². The number of thiazole rings is 1. The van der Waals surface area contributed by atoms with Crippen LogP contribution in [0.4, 0.5) is 4.39 Å². The van der Waals surface area contributed by atoms with E-state index < -0.39 is 0 Å². The lowest BCUT2D eigenvalue weighted by molar-refractivity contribution is 0.386. The number of methoxy groups -OCH3 is 1. The molecule has 22 heavy (non-hydrogen) atoms. The smallest absolute Gasteiger partial charge is 0.165 e. The SMILES string of the molecule is COc1ccc(-c2csc(-c3ccnc(SC)c3)n2)cc1F. The number of ether oxygens (including phenoxy) is 1. The number of pyridine rings is 1. The minimum atomic E-state index is -0.386. The molecule has 2 aromatic heterocycles. The first-order chi connectivity index (χ1) is 10.7. The number of thioether (sulfide) groups is 1. The van der Waals surface area contributed by atoms with Crippen molar-refractivity contribution in [3.05, 3.63) is 47.7 Å². The Morgan fingerprint density at radius 3 is 2.77 bits per heavy atom. The first-order valence-electron chi connectivity index (χ1n) is 6.51. The first kappa shape index (κ1) is 15.0. The van der Waals surface area contributed by atoms with E-state index in [1.165, 1.54) is 24.5 Å². The normalized spacial score (nSPS) is 10.7. The van der Waals surface area contributed by atoms with Crippen LogP contribution in [0, 0.1) is 5.82 Å². The van der Waals surface area contributed by atoms with E-state index in [4.69, 9.17) is 4.74 Å². The second-order valence-electron chi connectivity index (χ2n) is 4.47. The van der Waals surface area contributed by atoms with Crippen LogP contribution in [0.1, 0.15) is 0 Å². The second kappa shape index (κ2) is 6.46. The molecule has 0 aliphatic carbocycles. The molecule has 3 nitrogen and oxygen atoms in total. The van der Waals surface area contributed by atoms with Crippen LogP contribution in [0.2, 0.25) is 0 Å². The highest BCUT2D eigenvalue weighted by atomic mass is 32.2. The molecular weight excluding hydrogens is 319 g/mol. The predicted octanol–water partition coefficient (Wildman–Crippen LogP) is 4.74. The maximum Gasteiger partial charge on any atom is 0.165 e. The third-order valence-corrected chi connectivity index (χ3v) is 4.68. The Labute approximate surface area is 136 Å². The van der Waals surface area contributed by atoms with Crippen LogP contribution < -0.4 is 4.74 Å². The molecule has 0 amide bonds. The van der Waals surface area contributed by atoms with Crippen molar-refractivity contribution in [1.29, 1.82) is 0 Å². The molecule has 6 heteroatoms. The average Bonchev–Trinajstić information content (AvgIpc) is 3.05. The third kappa shape index (κ3) is 2.98. The van der Waals surface area contributed by atoms with Gasteiger partial charge in [0.15, 0.2) is 11.6 Å². The number of hydrogen-bond donors (Lipinski definition) is 0. The van der Waals surface area contributed by atoms with Gasteiger partial charge in [-0.05, 0) is 36.6 Å². The van der Waals surface area contributed by atoms with Crippen molar-refractivity contribution in [3.63, 3.8) is 0 Å². The Balaban J connectivity index is 1.94. The molecule has 3 aromatic rings. The summed E-state index contributed by atoms with van der Waals surface area (Å²) >= 11 is 3.12. The molecule has 0 unspecified atom stereocenters. The summed E-state index contributed by atoms with van der Waals surface area (Å²) in [6.07, 6.45) is 3.76. The molecular formula is C16H13FN2OS2. The van der Waals surface area contributed by atoms with Crippen LogP contribution in [0.3, 0.4) is 0 Å². The number of benzene rings is 1. The topological polar surface area (TPSA) is 35.0 Å². The van der Waals surface area contributed by atoms with Crippen molar-refractivity contribution in [2.75, 3.05) is 13.4 Å². The number of nitrogens with zero attached hydrogens (tertiary/aromatic N) is 2. The Bertz CT molecular complexity index is 804. The Kier molecular flexibility index (Phi) is 4.40. The van der Waals surface area contributed by atoms with Crippen LogP contribution in [-0.2, 0) is 0 Å². The summed E-state index contributed by atoms with van der Waals surface area (Å²) in [5, 5.41) is 3.77. The van der Waals surface area contributed by atoms with Gasteiger partial charge in [-0.1, -0.05) is 0 Å². The fourth-order valence-electron chi connectivity index (χ4n) is 2.02. The number of halogens is 1. The molecule has 3 rings (SSSR count). The van der Waals surface area contributed by atoms with Gasteiger partial charge in [-0.2, -0.15) is 0 Å². The highest BCUT2D eigenvalue weighted by molar-refractivity contribution is 7.98. The Hall–Kier alpha value is -1.92. The maximum atomic E-state index is 13.8. The molecule has 1 aromatic carbocycles. The number of hydrogen-bond acceptors (Lipinski definition) is 5. The van der Waals surface area contributed by atoms with Gasteiger partial charge in [0.2, 0.25) is 0 Å². The minimum absolute atomic E-state index is 0.234. The van der Waals surface area contributed by atoms with E-state index in [9.17, 15) is 4.39 Å². The molecule has 0 N–H and O–H groups in total. The first-order valence-corrected chi connectivity index (χ1v) is 8.61. The van der Waals surface area contributed by atoms with E-state index in [0.29, 0.717) is 0 Å². The predicted molar refractivity (Wildman–Crippen MR) is 89.1 cm³/mol.